The minimum absolute atomic E-state index is 0.243. The molecule has 0 saturated heterocycles. The predicted octanol–water partition coefficient (Wildman–Crippen LogP) is 2.18. The summed E-state index contributed by atoms with van der Waals surface area (Å²) in [6.45, 7) is 1.70. The fourth-order valence-electron chi connectivity index (χ4n) is 1.42. The molecule has 2 aromatic rings. The molecule has 6 heteroatoms. The smallest absolute Gasteiger partial charge is 0.251 e. The molecule has 0 saturated carbocycles. The number of aromatic nitrogens is 2. The summed E-state index contributed by atoms with van der Waals surface area (Å²) in [6.07, 6.45) is 0.569. The van der Waals surface area contributed by atoms with Crippen LogP contribution in [0.5, 0.6) is 0 Å². The average Bonchev–Trinajstić information content (AvgIpc) is 2.26. The molecule has 0 radical (unpaired) electrons. The minimum atomic E-state index is -0.503. The molecular weight excluding hydrogens is 255 g/mol. The predicted molar refractivity (Wildman–Crippen MR) is 65.5 cm³/mol. The lowest BCUT2D eigenvalue weighted by molar-refractivity contribution is 0.112. The first kappa shape index (κ1) is 12.5. The van der Waals surface area contributed by atoms with Gasteiger partial charge < -0.3 is 4.98 Å². The number of halogens is 1. The van der Waals surface area contributed by atoms with Crippen molar-refractivity contribution in [2.24, 2.45) is 0 Å². The first-order chi connectivity index (χ1) is 8.56. The molecule has 2 rings (SSSR count). The number of aromatic amines is 1. The maximum absolute atomic E-state index is 13.2. The van der Waals surface area contributed by atoms with E-state index in [1.807, 2.05) is 0 Å². The number of benzene rings is 1. The summed E-state index contributed by atoms with van der Waals surface area (Å²) in [5.74, 6) is -0.503. The largest absolute Gasteiger partial charge is 0.301 e. The molecule has 18 heavy (non-hydrogen) atoms. The van der Waals surface area contributed by atoms with Crippen molar-refractivity contribution < 1.29 is 9.18 Å². The fraction of sp³-hybridized carbons (Fsp3) is 0.0833. The third-order valence-electron chi connectivity index (χ3n) is 2.09. The van der Waals surface area contributed by atoms with Crippen molar-refractivity contribution in [3.8, 4) is 0 Å². The average molecular weight is 264 g/mol. The maximum atomic E-state index is 13.2. The van der Waals surface area contributed by atoms with Gasteiger partial charge in [-0.2, -0.15) is 0 Å². The molecule has 0 aliphatic rings. The molecule has 1 aromatic carbocycles. The summed E-state index contributed by atoms with van der Waals surface area (Å²) in [5.41, 5.74) is 0.553. The summed E-state index contributed by atoms with van der Waals surface area (Å²) in [5, 5.41) is 0.363. The van der Waals surface area contributed by atoms with E-state index in [0.717, 1.165) is 17.8 Å². The molecule has 1 aromatic heterocycles. The number of hydrogen-bond donors (Lipinski definition) is 1. The van der Waals surface area contributed by atoms with Gasteiger partial charge in [-0.05, 0) is 25.1 Å². The van der Waals surface area contributed by atoms with Crippen molar-refractivity contribution in [2.45, 2.75) is 17.0 Å². The summed E-state index contributed by atoms with van der Waals surface area (Å²) in [7, 11) is 0. The van der Waals surface area contributed by atoms with Crippen LogP contribution < -0.4 is 5.56 Å². The van der Waals surface area contributed by atoms with E-state index in [1.165, 1.54) is 18.2 Å². The zero-order valence-electron chi connectivity index (χ0n) is 9.44. The molecule has 0 aliphatic carbocycles. The van der Waals surface area contributed by atoms with Crippen LogP contribution in [-0.2, 0) is 0 Å². The third-order valence-corrected chi connectivity index (χ3v) is 2.95. The van der Waals surface area contributed by atoms with Gasteiger partial charge in [-0.1, -0.05) is 11.8 Å². The Morgan fingerprint density at radius 3 is 2.78 bits per heavy atom. The van der Waals surface area contributed by atoms with Gasteiger partial charge in [0.1, 0.15) is 12.1 Å². The van der Waals surface area contributed by atoms with Crippen LogP contribution in [-0.4, -0.2) is 16.3 Å². The van der Waals surface area contributed by atoms with Gasteiger partial charge in [0.05, 0.1) is 0 Å². The van der Waals surface area contributed by atoms with Crippen molar-refractivity contribution >= 4 is 18.0 Å². The van der Waals surface area contributed by atoms with Crippen molar-refractivity contribution in [3.05, 3.63) is 51.7 Å². The molecule has 0 bridgehead atoms. The van der Waals surface area contributed by atoms with E-state index in [1.54, 1.807) is 6.92 Å². The number of nitrogens with one attached hydrogen (secondary N) is 1. The Labute approximate surface area is 106 Å². The maximum Gasteiger partial charge on any atom is 0.251 e. The molecule has 0 atom stereocenters. The summed E-state index contributed by atoms with van der Waals surface area (Å²) in [4.78, 5) is 29.0. The van der Waals surface area contributed by atoms with Gasteiger partial charge in [0.2, 0.25) is 0 Å². The summed E-state index contributed by atoms with van der Waals surface area (Å²) >= 11 is 1.09. The Bertz CT molecular complexity index is 655. The molecule has 0 unspecified atom stereocenters. The number of carbonyl (C=O) groups excluding carboxylic acids is 1. The van der Waals surface area contributed by atoms with E-state index in [9.17, 15) is 14.0 Å². The quantitative estimate of drug-likeness (QED) is 0.681. The van der Waals surface area contributed by atoms with Gasteiger partial charge in [-0.15, -0.1) is 0 Å². The normalized spacial score (nSPS) is 10.3. The van der Waals surface area contributed by atoms with Crippen molar-refractivity contribution in [1.29, 1.82) is 0 Å². The third kappa shape index (κ3) is 3.04. The van der Waals surface area contributed by atoms with E-state index in [2.05, 4.69) is 9.97 Å². The van der Waals surface area contributed by atoms with Crippen molar-refractivity contribution in [3.63, 3.8) is 0 Å². The molecule has 1 heterocycles. The number of aryl methyl sites for hydroxylation is 1. The van der Waals surface area contributed by atoms with Crippen LogP contribution in [0.25, 0.3) is 0 Å². The van der Waals surface area contributed by atoms with Crippen LogP contribution in [0, 0.1) is 12.7 Å². The van der Waals surface area contributed by atoms with Crippen LogP contribution in [0.2, 0.25) is 0 Å². The Hall–Kier alpha value is -1.95. The highest BCUT2D eigenvalue weighted by Gasteiger charge is 2.05. The number of carbonyl (C=O) groups is 1. The van der Waals surface area contributed by atoms with Crippen molar-refractivity contribution in [1.82, 2.24) is 9.97 Å². The second-order valence-electron chi connectivity index (χ2n) is 3.63. The standard InChI is InChI=1S/C12H9FN2O2S/c1-7-2-11(17)15-12(14-7)18-10-4-8(6-16)3-9(13)5-10/h2-6H,1H3,(H,14,15,17). The number of H-pyrrole nitrogens is 1. The Morgan fingerprint density at radius 1 is 1.33 bits per heavy atom. The molecule has 4 nitrogen and oxygen atoms in total. The number of hydrogen-bond acceptors (Lipinski definition) is 4. The molecule has 0 aliphatic heterocycles. The van der Waals surface area contributed by atoms with E-state index in [0.29, 0.717) is 22.0 Å². The van der Waals surface area contributed by atoms with Crippen LogP contribution in [0.3, 0.4) is 0 Å². The lowest BCUT2D eigenvalue weighted by Gasteiger charge is -2.02. The Balaban J connectivity index is 2.36. The van der Waals surface area contributed by atoms with E-state index in [4.69, 9.17) is 0 Å². The summed E-state index contributed by atoms with van der Waals surface area (Å²) < 4.78 is 13.2. The molecule has 1 N–H and O–H groups in total. The molecule has 92 valence electrons. The van der Waals surface area contributed by atoms with Crippen LogP contribution in [0.1, 0.15) is 16.1 Å². The second kappa shape index (κ2) is 5.14. The second-order valence-corrected chi connectivity index (χ2v) is 4.69. The van der Waals surface area contributed by atoms with Crippen LogP contribution in [0.15, 0.2) is 39.1 Å². The highest BCUT2D eigenvalue weighted by molar-refractivity contribution is 7.99. The zero-order chi connectivity index (χ0) is 13.1. The molecule has 0 fully saturated rings. The Morgan fingerprint density at radius 2 is 2.11 bits per heavy atom. The van der Waals surface area contributed by atoms with E-state index < -0.39 is 5.82 Å². The van der Waals surface area contributed by atoms with E-state index >= 15 is 0 Å². The number of aldehydes is 1. The topological polar surface area (TPSA) is 62.8 Å². The van der Waals surface area contributed by atoms with E-state index in [-0.39, 0.29) is 11.1 Å². The zero-order valence-corrected chi connectivity index (χ0v) is 10.3. The number of nitrogens with zero attached hydrogens (tertiary/aromatic N) is 1. The van der Waals surface area contributed by atoms with Gasteiger partial charge in [0.15, 0.2) is 5.16 Å². The van der Waals surface area contributed by atoms with Crippen LogP contribution in [0.4, 0.5) is 4.39 Å². The van der Waals surface area contributed by atoms with Gasteiger partial charge in [-0.3, -0.25) is 9.59 Å². The molecule has 0 spiro atoms. The van der Waals surface area contributed by atoms with Crippen molar-refractivity contribution in [2.75, 3.05) is 0 Å². The first-order valence-electron chi connectivity index (χ1n) is 5.08. The highest BCUT2D eigenvalue weighted by Crippen LogP contribution is 2.25. The van der Waals surface area contributed by atoms with Gasteiger partial charge >= 0.3 is 0 Å². The molecule has 0 amide bonds. The lowest BCUT2D eigenvalue weighted by Crippen LogP contribution is -2.07. The first-order valence-corrected chi connectivity index (χ1v) is 5.90. The monoisotopic (exact) mass is 264 g/mol. The Kier molecular flexibility index (Phi) is 3.57. The summed E-state index contributed by atoms with van der Waals surface area (Å²) in [6, 6.07) is 5.32. The minimum Gasteiger partial charge on any atom is -0.301 e. The SMILES string of the molecule is Cc1cc(=O)[nH]c(Sc2cc(F)cc(C=O)c2)n1. The molecular formula is C12H9FN2O2S. The van der Waals surface area contributed by atoms with Gasteiger partial charge in [0, 0.05) is 22.2 Å². The van der Waals surface area contributed by atoms with Gasteiger partial charge in [0.25, 0.3) is 5.56 Å². The number of rotatable bonds is 3. The fourth-order valence-corrected chi connectivity index (χ4v) is 2.35. The van der Waals surface area contributed by atoms with Gasteiger partial charge in [-0.25, -0.2) is 9.37 Å². The highest BCUT2D eigenvalue weighted by atomic mass is 32.2. The van der Waals surface area contributed by atoms with Crippen LogP contribution >= 0.6 is 11.8 Å². The lowest BCUT2D eigenvalue weighted by atomic mass is 10.2.